The van der Waals surface area contributed by atoms with E-state index in [1.165, 1.54) is 20.3 Å². The molecule has 0 aromatic heterocycles. The van der Waals surface area contributed by atoms with Crippen LogP contribution in [0.15, 0.2) is 12.1 Å². The van der Waals surface area contributed by atoms with Gasteiger partial charge in [-0.3, -0.25) is 10.1 Å². The lowest BCUT2D eigenvalue weighted by molar-refractivity contribution is -0.386. The van der Waals surface area contributed by atoms with Gasteiger partial charge in [0.25, 0.3) is 5.69 Å². The molecule has 0 spiro atoms. The molecule has 0 bridgehead atoms. The van der Waals surface area contributed by atoms with E-state index < -0.39 is 4.92 Å². The number of hydrogen-bond donors (Lipinski definition) is 0. The molecule has 0 saturated carbocycles. The van der Waals surface area contributed by atoms with Crippen molar-refractivity contribution in [2.75, 3.05) is 20.8 Å². The molecule has 0 unspecified atom stereocenters. The van der Waals surface area contributed by atoms with Crippen molar-refractivity contribution in [2.45, 2.75) is 40.2 Å². The minimum atomic E-state index is -0.435. The normalized spacial score (nSPS) is 11.3. The molecular formula is C16H25NO5. The highest BCUT2D eigenvalue weighted by molar-refractivity contribution is 5.54. The van der Waals surface area contributed by atoms with Gasteiger partial charge in [-0.05, 0) is 24.3 Å². The molecule has 0 saturated heterocycles. The monoisotopic (exact) mass is 311 g/mol. The Kier molecular flexibility index (Phi) is 6.61. The van der Waals surface area contributed by atoms with E-state index in [9.17, 15) is 10.1 Å². The Morgan fingerprint density at radius 2 is 1.86 bits per heavy atom. The predicted molar refractivity (Wildman–Crippen MR) is 84.5 cm³/mol. The first kappa shape index (κ1) is 18.2. The summed E-state index contributed by atoms with van der Waals surface area (Å²) in [6.07, 6.45) is 1.89. The third-order valence-electron chi connectivity index (χ3n) is 3.19. The fraction of sp³-hybridized carbons (Fsp3) is 0.625. The summed E-state index contributed by atoms with van der Waals surface area (Å²) < 4.78 is 15.9. The quantitative estimate of drug-likeness (QED) is 0.413. The van der Waals surface area contributed by atoms with Crippen LogP contribution < -0.4 is 9.47 Å². The maximum atomic E-state index is 11.2. The van der Waals surface area contributed by atoms with E-state index in [1.54, 1.807) is 6.07 Å². The summed E-state index contributed by atoms with van der Waals surface area (Å²) in [7, 11) is 3.01. The number of benzene rings is 1. The van der Waals surface area contributed by atoms with Crippen molar-refractivity contribution in [3.8, 4) is 11.5 Å². The third-order valence-corrected chi connectivity index (χ3v) is 3.19. The van der Waals surface area contributed by atoms with Gasteiger partial charge in [0.05, 0.1) is 36.9 Å². The van der Waals surface area contributed by atoms with E-state index in [4.69, 9.17) is 14.2 Å². The minimum absolute atomic E-state index is 0.0199. The molecule has 0 heterocycles. The fourth-order valence-electron chi connectivity index (χ4n) is 2.09. The van der Waals surface area contributed by atoms with Gasteiger partial charge < -0.3 is 14.2 Å². The van der Waals surface area contributed by atoms with Crippen LogP contribution in [-0.2, 0) is 11.3 Å². The summed E-state index contributed by atoms with van der Waals surface area (Å²) in [4.78, 5) is 10.7. The van der Waals surface area contributed by atoms with E-state index >= 15 is 0 Å². The lowest BCUT2D eigenvalue weighted by Gasteiger charge is -2.18. The summed E-state index contributed by atoms with van der Waals surface area (Å²) in [5.41, 5.74) is 0.682. The molecule has 1 rings (SSSR count). The van der Waals surface area contributed by atoms with Crippen LogP contribution >= 0.6 is 0 Å². The maximum Gasteiger partial charge on any atom is 0.278 e. The molecular weight excluding hydrogens is 286 g/mol. The summed E-state index contributed by atoms with van der Waals surface area (Å²) in [5, 5.41) is 11.2. The van der Waals surface area contributed by atoms with E-state index in [1.807, 2.05) is 0 Å². The van der Waals surface area contributed by atoms with Gasteiger partial charge in [0.1, 0.15) is 0 Å². The first-order valence-corrected chi connectivity index (χ1v) is 7.25. The van der Waals surface area contributed by atoms with Crippen molar-refractivity contribution in [1.29, 1.82) is 0 Å². The lowest BCUT2D eigenvalue weighted by Crippen LogP contribution is -2.08. The number of nitrogens with zero attached hydrogens (tertiary/aromatic N) is 1. The van der Waals surface area contributed by atoms with Crippen LogP contribution in [-0.4, -0.2) is 25.7 Å². The zero-order valence-electron chi connectivity index (χ0n) is 14.0. The Balaban J connectivity index is 2.88. The van der Waals surface area contributed by atoms with Crippen molar-refractivity contribution in [3.63, 3.8) is 0 Å². The van der Waals surface area contributed by atoms with Crippen LogP contribution in [0.5, 0.6) is 11.5 Å². The zero-order valence-corrected chi connectivity index (χ0v) is 14.0. The molecule has 0 N–H and O–H groups in total. The van der Waals surface area contributed by atoms with E-state index in [2.05, 4.69) is 20.8 Å². The highest BCUT2D eigenvalue weighted by Gasteiger charge is 2.20. The second-order valence-corrected chi connectivity index (χ2v) is 6.33. The third kappa shape index (κ3) is 5.52. The van der Waals surface area contributed by atoms with Gasteiger partial charge in [0.2, 0.25) is 0 Å². The smallest absolute Gasteiger partial charge is 0.278 e. The van der Waals surface area contributed by atoms with Crippen molar-refractivity contribution < 1.29 is 19.1 Å². The van der Waals surface area contributed by atoms with Crippen LogP contribution in [0.1, 0.15) is 39.2 Å². The molecule has 0 aliphatic heterocycles. The van der Waals surface area contributed by atoms with Gasteiger partial charge in [-0.2, -0.15) is 0 Å². The van der Waals surface area contributed by atoms with Gasteiger partial charge in [-0.25, -0.2) is 0 Å². The molecule has 124 valence electrons. The topological polar surface area (TPSA) is 70.8 Å². The Hall–Kier alpha value is -1.82. The summed E-state index contributed by atoms with van der Waals surface area (Å²) in [5.74, 6) is 0.872. The minimum Gasteiger partial charge on any atom is -0.493 e. The molecule has 0 aliphatic rings. The van der Waals surface area contributed by atoms with Crippen LogP contribution in [0.2, 0.25) is 0 Å². The first-order chi connectivity index (χ1) is 10.3. The number of nitro groups is 1. The molecule has 0 fully saturated rings. The molecule has 1 aromatic rings. The Morgan fingerprint density at radius 3 is 2.36 bits per heavy atom. The van der Waals surface area contributed by atoms with Gasteiger partial charge in [0.15, 0.2) is 11.5 Å². The zero-order chi connectivity index (χ0) is 16.8. The van der Waals surface area contributed by atoms with Gasteiger partial charge in [0, 0.05) is 7.11 Å². The molecule has 1 aromatic carbocycles. The van der Waals surface area contributed by atoms with Gasteiger partial charge >= 0.3 is 0 Å². The molecule has 0 atom stereocenters. The molecule has 22 heavy (non-hydrogen) atoms. The van der Waals surface area contributed by atoms with E-state index in [0.717, 1.165) is 12.8 Å². The van der Waals surface area contributed by atoms with Crippen LogP contribution in [0.25, 0.3) is 0 Å². The summed E-state index contributed by atoms with van der Waals surface area (Å²) in [6, 6.07) is 3.00. The second-order valence-electron chi connectivity index (χ2n) is 6.33. The number of ether oxygens (including phenoxy) is 3. The van der Waals surface area contributed by atoms with Crippen molar-refractivity contribution >= 4 is 5.69 Å². The molecule has 0 amide bonds. The fourth-order valence-corrected chi connectivity index (χ4v) is 2.09. The second kappa shape index (κ2) is 7.98. The number of nitro benzene ring substituents is 1. The lowest BCUT2D eigenvalue weighted by atomic mass is 9.91. The van der Waals surface area contributed by atoms with Crippen molar-refractivity contribution in [3.05, 3.63) is 27.8 Å². The highest BCUT2D eigenvalue weighted by atomic mass is 16.6. The predicted octanol–water partition coefficient (Wildman–Crippen LogP) is 3.95. The van der Waals surface area contributed by atoms with Crippen LogP contribution in [0.3, 0.4) is 0 Å². The van der Waals surface area contributed by atoms with E-state index in [0.29, 0.717) is 23.7 Å². The SMILES string of the molecule is COCc1cc(OC)c(OCCCC(C)(C)C)cc1[N+](=O)[O-]. The van der Waals surface area contributed by atoms with Gasteiger partial charge in [-0.1, -0.05) is 20.8 Å². The Morgan fingerprint density at radius 1 is 1.18 bits per heavy atom. The maximum absolute atomic E-state index is 11.2. The van der Waals surface area contributed by atoms with Crippen molar-refractivity contribution in [2.24, 2.45) is 5.41 Å². The summed E-state index contributed by atoms with van der Waals surface area (Å²) >= 11 is 0. The Bertz CT molecular complexity index is 508. The molecule has 0 aliphatic carbocycles. The molecule has 0 radical (unpaired) electrons. The highest BCUT2D eigenvalue weighted by Crippen LogP contribution is 2.35. The number of hydrogen-bond acceptors (Lipinski definition) is 5. The molecule has 6 heteroatoms. The van der Waals surface area contributed by atoms with Gasteiger partial charge in [-0.15, -0.1) is 0 Å². The number of rotatable bonds is 8. The average Bonchev–Trinajstić information content (AvgIpc) is 2.43. The van der Waals surface area contributed by atoms with Crippen LogP contribution in [0.4, 0.5) is 5.69 Å². The average molecular weight is 311 g/mol. The number of methoxy groups -OCH3 is 2. The Labute approximate surface area is 131 Å². The summed E-state index contributed by atoms with van der Waals surface area (Å²) in [6.45, 7) is 7.14. The standard InChI is InChI=1S/C16H25NO5/c1-16(2,3)7-6-8-22-15-10-13(17(18)19)12(11-20-4)9-14(15)21-5/h9-10H,6-8,11H2,1-5H3. The van der Waals surface area contributed by atoms with Crippen molar-refractivity contribution in [1.82, 2.24) is 0 Å². The van der Waals surface area contributed by atoms with E-state index in [-0.39, 0.29) is 17.7 Å². The largest absolute Gasteiger partial charge is 0.493 e. The molecule has 6 nitrogen and oxygen atoms in total. The first-order valence-electron chi connectivity index (χ1n) is 7.25. The van der Waals surface area contributed by atoms with Crippen LogP contribution in [0, 0.1) is 15.5 Å².